The molecule has 1 saturated carbocycles. The molecule has 0 radical (unpaired) electrons. The van der Waals surface area contributed by atoms with Crippen LogP contribution >= 0.6 is 23.2 Å². The van der Waals surface area contributed by atoms with Gasteiger partial charge in [0.25, 0.3) is 10.0 Å². The number of rotatable bonds is 11. The van der Waals surface area contributed by atoms with E-state index in [1.165, 1.54) is 48.4 Å². The molecule has 218 valence electrons. The van der Waals surface area contributed by atoms with Gasteiger partial charge in [-0.05, 0) is 86.0 Å². The van der Waals surface area contributed by atoms with Crippen LogP contribution in [0.1, 0.15) is 38.2 Å². The standard InChI is InChI=1S/C30H33Cl2N3O5S/c1-21(30(37)33-25-8-3-4-9-25)34(19-22-6-5-7-24(32)18-22)29(36)20-35(26-12-10-23(31)11-13-26)41(38,39)28-16-14-27(40-2)15-17-28/h5-7,10-18,21,25H,3-4,8-9,19-20H2,1-2H3,(H,33,37)/t21-/m1/s1. The van der Waals surface area contributed by atoms with Gasteiger partial charge in [-0.3, -0.25) is 13.9 Å². The van der Waals surface area contributed by atoms with Crippen LogP contribution in [-0.4, -0.2) is 50.9 Å². The van der Waals surface area contributed by atoms with Gasteiger partial charge in [-0.1, -0.05) is 48.2 Å². The number of benzene rings is 3. The van der Waals surface area contributed by atoms with Gasteiger partial charge >= 0.3 is 0 Å². The second kappa shape index (κ2) is 13.6. The third kappa shape index (κ3) is 7.72. The summed E-state index contributed by atoms with van der Waals surface area (Å²) in [5, 5.41) is 3.96. The Bertz CT molecular complexity index is 1460. The number of hydrogen-bond donors (Lipinski definition) is 1. The van der Waals surface area contributed by atoms with Crippen LogP contribution in [0.15, 0.2) is 77.7 Å². The van der Waals surface area contributed by atoms with E-state index in [1.807, 2.05) is 0 Å². The topological polar surface area (TPSA) is 96.0 Å². The quantitative estimate of drug-likeness (QED) is 0.299. The molecule has 2 amide bonds. The third-order valence-electron chi connectivity index (χ3n) is 7.15. The minimum Gasteiger partial charge on any atom is -0.497 e. The average molecular weight is 619 g/mol. The molecule has 1 aliphatic rings. The number of carbonyl (C=O) groups excluding carboxylic acids is 2. The lowest BCUT2D eigenvalue weighted by Gasteiger charge is -2.32. The van der Waals surface area contributed by atoms with Gasteiger partial charge in [-0.25, -0.2) is 8.42 Å². The molecule has 1 N–H and O–H groups in total. The lowest BCUT2D eigenvalue weighted by atomic mass is 10.1. The first kappa shape index (κ1) is 30.7. The molecular formula is C30H33Cl2N3O5S. The number of nitrogens with one attached hydrogen (secondary N) is 1. The fourth-order valence-corrected chi connectivity index (χ4v) is 6.57. The van der Waals surface area contributed by atoms with Crippen LogP contribution in [0, 0.1) is 0 Å². The second-order valence-corrected chi connectivity index (χ2v) is 12.7. The van der Waals surface area contributed by atoms with E-state index in [9.17, 15) is 18.0 Å². The molecule has 0 bridgehead atoms. The van der Waals surface area contributed by atoms with Gasteiger partial charge < -0.3 is 15.0 Å². The van der Waals surface area contributed by atoms with E-state index in [4.69, 9.17) is 27.9 Å². The molecule has 41 heavy (non-hydrogen) atoms. The Kier molecular flexibility index (Phi) is 10.2. The fraction of sp³-hybridized carbons (Fsp3) is 0.333. The molecule has 0 spiro atoms. The van der Waals surface area contributed by atoms with E-state index in [-0.39, 0.29) is 29.1 Å². The first-order chi connectivity index (χ1) is 19.6. The fourth-order valence-electron chi connectivity index (χ4n) is 4.82. The molecule has 11 heteroatoms. The molecule has 0 aliphatic heterocycles. The van der Waals surface area contributed by atoms with Crippen LogP contribution in [0.3, 0.4) is 0 Å². The van der Waals surface area contributed by atoms with Gasteiger partial charge in [0.15, 0.2) is 0 Å². The van der Waals surface area contributed by atoms with E-state index in [0.29, 0.717) is 21.4 Å². The van der Waals surface area contributed by atoms with Crippen molar-refractivity contribution in [3.05, 3.63) is 88.4 Å². The molecule has 1 fully saturated rings. The number of carbonyl (C=O) groups is 2. The summed E-state index contributed by atoms with van der Waals surface area (Å²) >= 11 is 12.3. The zero-order chi connectivity index (χ0) is 29.6. The zero-order valence-electron chi connectivity index (χ0n) is 22.9. The summed E-state index contributed by atoms with van der Waals surface area (Å²) in [5.74, 6) is -0.345. The normalized spacial score (nSPS) is 14.3. The Hall–Kier alpha value is -3.27. The van der Waals surface area contributed by atoms with Crippen LogP contribution < -0.4 is 14.4 Å². The monoisotopic (exact) mass is 617 g/mol. The first-order valence-electron chi connectivity index (χ1n) is 13.3. The van der Waals surface area contributed by atoms with Gasteiger partial charge in [0, 0.05) is 22.6 Å². The third-order valence-corrected chi connectivity index (χ3v) is 9.43. The van der Waals surface area contributed by atoms with Crippen LogP contribution in [0.25, 0.3) is 0 Å². The maximum absolute atomic E-state index is 14.0. The summed E-state index contributed by atoms with van der Waals surface area (Å²) in [6.45, 7) is 1.17. The number of anilines is 1. The van der Waals surface area contributed by atoms with Gasteiger partial charge in [0.2, 0.25) is 11.8 Å². The number of amides is 2. The molecule has 1 atom stereocenters. The van der Waals surface area contributed by atoms with Crippen molar-refractivity contribution in [3.8, 4) is 5.75 Å². The maximum atomic E-state index is 14.0. The van der Waals surface area contributed by atoms with Crippen molar-refractivity contribution in [1.29, 1.82) is 0 Å². The Morgan fingerprint density at radius 2 is 1.63 bits per heavy atom. The van der Waals surface area contributed by atoms with E-state index >= 15 is 0 Å². The SMILES string of the molecule is COc1ccc(S(=O)(=O)N(CC(=O)N(Cc2cccc(Cl)c2)[C@H](C)C(=O)NC2CCCC2)c2ccc(Cl)cc2)cc1. The molecule has 1 aliphatic carbocycles. The molecule has 0 heterocycles. The number of hydrogen-bond acceptors (Lipinski definition) is 5. The molecule has 4 rings (SSSR count). The van der Waals surface area contributed by atoms with Crippen molar-refractivity contribution in [3.63, 3.8) is 0 Å². The summed E-state index contributed by atoms with van der Waals surface area (Å²) in [6, 6.07) is 18.3. The second-order valence-electron chi connectivity index (χ2n) is 9.98. The largest absolute Gasteiger partial charge is 0.497 e. The molecular weight excluding hydrogens is 585 g/mol. The number of sulfonamides is 1. The molecule has 3 aromatic carbocycles. The van der Waals surface area contributed by atoms with E-state index in [2.05, 4.69) is 5.32 Å². The predicted octanol–water partition coefficient (Wildman–Crippen LogP) is 5.67. The predicted molar refractivity (Wildman–Crippen MR) is 161 cm³/mol. The molecule has 0 unspecified atom stereocenters. The summed E-state index contributed by atoms with van der Waals surface area (Å²) in [5.41, 5.74) is 0.965. The van der Waals surface area contributed by atoms with Crippen molar-refractivity contribution in [2.24, 2.45) is 0 Å². The maximum Gasteiger partial charge on any atom is 0.264 e. The number of ether oxygens (including phenoxy) is 1. The smallest absolute Gasteiger partial charge is 0.264 e. The van der Waals surface area contributed by atoms with Crippen molar-refractivity contribution in [2.75, 3.05) is 18.0 Å². The summed E-state index contributed by atoms with van der Waals surface area (Å²) in [7, 11) is -2.71. The molecule has 0 saturated heterocycles. The van der Waals surface area contributed by atoms with E-state index in [1.54, 1.807) is 43.3 Å². The van der Waals surface area contributed by atoms with Crippen LogP contribution in [0.4, 0.5) is 5.69 Å². The van der Waals surface area contributed by atoms with Crippen molar-refractivity contribution >= 4 is 50.7 Å². The van der Waals surface area contributed by atoms with Crippen molar-refractivity contribution in [2.45, 2.75) is 56.1 Å². The lowest BCUT2D eigenvalue weighted by Crippen LogP contribution is -2.52. The molecule has 0 aromatic heterocycles. The highest BCUT2D eigenvalue weighted by Gasteiger charge is 2.33. The number of halogens is 2. The molecule has 8 nitrogen and oxygen atoms in total. The average Bonchev–Trinajstić information content (AvgIpc) is 3.48. The summed E-state index contributed by atoms with van der Waals surface area (Å²) < 4.78 is 34.0. The lowest BCUT2D eigenvalue weighted by molar-refractivity contribution is -0.139. The van der Waals surface area contributed by atoms with Crippen molar-refractivity contribution in [1.82, 2.24) is 10.2 Å². The Labute approximate surface area is 251 Å². The minimum absolute atomic E-state index is 0.0190. The highest BCUT2D eigenvalue weighted by atomic mass is 35.5. The van der Waals surface area contributed by atoms with Gasteiger partial charge in [0.1, 0.15) is 18.3 Å². The van der Waals surface area contributed by atoms with E-state index in [0.717, 1.165) is 30.0 Å². The zero-order valence-corrected chi connectivity index (χ0v) is 25.3. The van der Waals surface area contributed by atoms with E-state index < -0.39 is 28.5 Å². The Morgan fingerprint density at radius 3 is 2.24 bits per heavy atom. The van der Waals surface area contributed by atoms with Gasteiger partial charge in [-0.2, -0.15) is 0 Å². The Morgan fingerprint density at radius 1 is 0.976 bits per heavy atom. The van der Waals surface area contributed by atoms with Crippen molar-refractivity contribution < 1.29 is 22.7 Å². The van der Waals surface area contributed by atoms with Crippen LogP contribution in [0.5, 0.6) is 5.75 Å². The number of methoxy groups -OCH3 is 1. The summed E-state index contributed by atoms with van der Waals surface area (Å²) in [4.78, 5) is 28.7. The van der Waals surface area contributed by atoms with Crippen LogP contribution in [-0.2, 0) is 26.2 Å². The highest BCUT2D eigenvalue weighted by molar-refractivity contribution is 7.92. The minimum atomic E-state index is -4.20. The van der Waals surface area contributed by atoms with Gasteiger partial charge in [-0.15, -0.1) is 0 Å². The van der Waals surface area contributed by atoms with Crippen LogP contribution in [0.2, 0.25) is 10.0 Å². The first-order valence-corrected chi connectivity index (χ1v) is 15.5. The number of nitrogens with zero attached hydrogens (tertiary/aromatic N) is 2. The summed E-state index contributed by atoms with van der Waals surface area (Å²) in [6.07, 6.45) is 3.88. The highest BCUT2D eigenvalue weighted by Crippen LogP contribution is 2.27. The molecule has 3 aromatic rings. The Balaban J connectivity index is 1.68. The van der Waals surface area contributed by atoms with Gasteiger partial charge in [0.05, 0.1) is 17.7 Å².